The summed E-state index contributed by atoms with van der Waals surface area (Å²) < 4.78 is 46.5. The molecule has 184 valence electrons. The van der Waals surface area contributed by atoms with E-state index in [2.05, 4.69) is 9.72 Å². The Morgan fingerprint density at radius 3 is 2.43 bits per heavy atom. The minimum atomic E-state index is -4.86. The van der Waals surface area contributed by atoms with Crippen LogP contribution in [0.3, 0.4) is 0 Å². The number of imidazole rings is 1. The molecule has 4 rings (SSSR count). The molecule has 0 spiro atoms. The molecule has 2 aromatic heterocycles. The lowest BCUT2D eigenvalue weighted by molar-refractivity contribution is -0.274. The molecule has 0 saturated carbocycles. The molecule has 2 aromatic carbocycles. The summed E-state index contributed by atoms with van der Waals surface area (Å²) in [6, 6.07) is 12.3. The first kappa shape index (κ1) is 24.6. The molecule has 0 radical (unpaired) electrons. The topological polar surface area (TPSA) is 71.1 Å². The number of benzene rings is 2. The summed E-state index contributed by atoms with van der Waals surface area (Å²) in [5.74, 6) is -0.197. The number of rotatable bonds is 7. The quantitative estimate of drug-likeness (QED) is 0.355. The van der Waals surface area contributed by atoms with Crippen LogP contribution in [0.25, 0.3) is 22.6 Å². The van der Waals surface area contributed by atoms with E-state index in [-0.39, 0.29) is 30.1 Å². The van der Waals surface area contributed by atoms with E-state index in [4.69, 9.17) is 11.6 Å². The highest BCUT2D eigenvalue weighted by atomic mass is 35.5. The van der Waals surface area contributed by atoms with Gasteiger partial charge in [0.15, 0.2) is 11.2 Å². The predicted molar refractivity (Wildman–Crippen MR) is 127 cm³/mol. The van der Waals surface area contributed by atoms with Crippen LogP contribution in [0.5, 0.6) is 5.75 Å². The van der Waals surface area contributed by atoms with Crippen molar-refractivity contribution >= 4 is 22.8 Å². The fraction of sp³-hybridized carbons (Fsp3) is 0.292. The fourth-order valence-corrected chi connectivity index (χ4v) is 3.99. The Balaban J connectivity index is 1.98. The number of alkyl halides is 3. The lowest BCUT2D eigenvalue weighted by atomic mass is 10.2. The normalized spacial score (nSPS) is 11.8. The molecule has 2 heterocycles. The SMILES string of the molecule is CCCCn1c(=O)c2c(nc(-c3cccc(OC(F)(F)F)c3)n2Cc2ccc(Cl)cc2)n(C)c1=O. The molecule has 0 aliphatic rings. The first-order valence-corrected chi connectivity index (χ1v) is 11.3. The highest BCUT2D eigenvalue weighted by molar-refractivity contribution is 6.30. The number of ether oxygens (including phenoxy) is 1. The third kappa shape index (κ3) is 5.12. The highest BCUT2D eigenvalue weighted by Crippen LogP contribution is 2.29. The van der Waals surface area contributed by atoms with Crippen LogP contribution in [0.15, 0.2) is 58.1 Å². The molecule has 0 saturated heterocycles. The molecule has 0 fully saturated rings. The number of aromatic nitrogens is 4. The molecule has 0 aliphatic carbocycles. The first-order chi connectivity index (χ1) is 16.6. The Labute approximate surface area is 203 Å². The zero-order chi connectivity index (χ0) is 25.3. The number of halogens is 4. The maximum atomic E-state index is 13.5. The van der Waals surface area contributed by atoms with Crippen molar-refractivity contribution in [1.82, 2.24) is 18.7 Å². The minimum absolute atomic E-state index is 0.138. The zero-order valence-electron chi connectivity index (χ0n) is 19.0. The molecule has 7 nitrogen and oxygen atoms in total. The maximum absolute atomic E-state index is 13.5. The summed E-state index contributed by atoms with van der Waals surface area (Å²) in [4.78, 5) is 30.9. The van der Waals surface area contributed by atoms with E-state index in [1.807, 2.05) is 6.92 Å². The van der Waals surface area contributed by atoms with Gasteiger partial charge >= 0.3 is 12.1 Å². The Morgan fingerprint density at radius 2 is 1.77 bits per heavy atom. The van der Waals surface area contributed by atoms with Gasteiger partial charge in [-0.1, -0.05) is 49.2 Å². The van der Waals surface area contributed by atoms with Gasteiger partial charge in [0, 0.05) is 30.7 Å². The molecule has 0 N–H and O–H groups in total. The molecule has 0 amide bonds. The van der Waals surface area contributed by atoms with Crippen molar-refractivity contribution in [1.29, 1.82) is 0 Å². The van der Waals surface area contributed by atoms with Crippen molar-refractivity contribution in [2.75, 3.05) is 0 Å². The second kappa shape index (κ2) is 9.61. The van der Waals surface area contributed by atoms with Crippen LogP contribution in [-0.4, -0.2) is 25.0 Å². The molecule has 0 atom stereocenters. The smallest absolute Gasteiger partial charge is 0.406 e. The van der Waals surface area contributed by atoms with Gasteiger partial charge in [0.05, 0.1) is 0 Å². The number of fused-ring (bicyclic) bond motifs is 1. The van der Waals surface area contributed by atoms with Crippen molar-refractivity contribution in [2.24, 2.45) is 7.05 Å². The van der Waals surface area contributed by atoms with Crippen LogP contribution >= 0.6 is 11.6 Å². The predicted octanol–water partition coefficient (Wildman–Crippen LogP) is 4.96. The van der Waals surface area contributed by atoms with Crippen LogP contribution in [0.2, 0.25) is 5.02 Å². The van der Waals surface area contributed by atoms with Gasteiger partial charge in [-0.2, -0.15) is 0 Å². The van der Waals surface area contributed by atoms with Crippen molar-refractivity contribution in [3.8, 4) is 17.1 Å². The molecular formula is C24H22ClF3N4O3. The van der Waals surface area contributed by atoms with Gasteiger partial charge < -0.3 is 9.30 Å². The van der Waals surface area contributed by atoms with Gasteiger partial charge in [-0.3, -0.25) is 13.9 Å². The molecule has 0 bridgehead atoms. The molecule has 0 aliphatic heterocycles. The van der Waals surface area contributed by atoms with E-state index in [0.29, 0.717) is 17.0 Å². The van der Waals surface area contributed by atoms with E-state index < -0.39 is 23.4 Å². The third-order valence-electron chi connectivity index (χ3n) is 5.55. The van der Waals surface area contributed by atoms with E-state index in [1.54, 1.807) is 34.9 Å². The summed E-state index contributed by atoms with van der Waals surface area (Å²) in [7, 11) is 1.51. The average Bonchev–Trinajstić information content (AvgIpc) is 3.18. The Kier molecular flexibility index (Phi) is 6.75. The second-order valence-corrected chi connectivity index (χ2v) is 8.48. The van der Waals surface area contributed by atoms with Gasteiger partial charge in [-0.05, 0) is 36.2 Å². The number of unbranched alkanes of at least 4 members (excludes halogenated alkanes) is 1. The lowest BCUT2D eigenvalue weighted by Crippen LogP contribution is -2.39. The average molecular weight is 507 g/mol. The van der Waals surface area contributed by atoms with E-state index >= 15 is 0 Å². The molecule has 0 unspecified atom stereocenters. The Hall–Kier alpha value is -3.53. The van der Waals surface area contributed by atoms with Gasteiger partial charge in [0.25, 0.3) is 5.56 Å². The standard InChI is InChI=1S/C24H22ClF3N4O3/c1-3-4-12-31-22(33)19-21(30(2)23(31)34)29-20(32(19)14-15-8-10-17(25)11-9-15)16-6-5-7-18(13-16)35-24(26,27)28/h5-11,13H,3-4,12,14H2,1-2H3. The van der Waals surface area contributed by atoms with Crippen molar-refractivity contribution in [3.05, 3.63) is 80.0 Å². The number of hydrogen-bond acceptors (Lipinski definition) is 4. The zero-order valence-corrected chi connectivity index (χ0v) is 19.7. The Bertz CT molecular complexity index is 1490. The first-order valence-electron chi connectivity index (χ1n) is 10.9. The second-order valence-electron chi connectivity index (χ2n) is 8.05. The largest absolute Gasteiger partial charge is 0.573 e. The van der Waals surface area contributed by atoms with E-state index in [1.165, 1.54) is 34.4 Å². The molecule has 35 heavy (non-hydrogen) atoms. The molecular weight excluding hydrogens is 485 g/mol. The monoisotopic (exact) mass is 506 g/mol. The maximum Gasteiger partial charge on any atom is 0.573 e. The number of hydrogen-bond donors (Lipinski definition) is 0. The van der Waals surface area contributed by atoms with Gasteiger partial charge in [0.1, 0.15) is 11.6 Å². The van der Waals surface area contributed by atoms with Gasteiger partial charge in [-0.25, -0.2) is 9.78 Å². The summed E-state index contributed by atoms with van der Waals surface area (Å²) in [5, 5.41) is 0.533. The minimum Gasteiger partial charge on any atom is -0.406 e. The van der Waals surface area contributed by atoms with Crippen molar-refractivity contribution in [2.45, 2.75) is 39.2 Å². The summed E-state index contributed by atoms with van der Waals surface area (Å²) in [6.45, 7) is 2.37. The van der Waals surface area contributed by atoms with Crippen molar-refractivity contribution < 1.29 is 17.9 Å². The third-order valence-corrected chi connectivity index (χ3v) is 5.80. The number of nitrogens with zero attached hydrogens (tertiary/aromatic N) is 4. The lowest BCUT2D eigenvalue weighted by Gasteiger charge is -2.13. The fourth-order valence-electron chi connectivity index (χ4n) is 3.86. The van der Waals surface area contributed by atoms with Gasteiger partial charge in [0.2, 0.25) is 0 Å². The van der Waals surface area contributed by atoms with Crippen molar-refractivity contribution in [3.63, 3.8) is 0 Å². The van der Waals surface area contributed by atoms with Crippen LogP contribution in [0.4, 0.5) is 13.2 Å². The highest BCUT2D eigenvalue weighted by Gasteiger charge is 2.31. The summed E-state index contributed by atoms with van der Waals surface area (Å²) in [6.07, 6.45) is -3.44. The summed E-state index contributed by atoms with van der Waals surface area (Å²) in [5.41, 5.74) is 0.379. The van der Waals surface area contributed by atoms with E-state index in [0.717, 1.165) is 12.0 Å². The van der Waals surface area contributed by atoms with Crippen LogP contribution < -0.4 is 16.0 Å². The van der Waals surface area contributed by atoms with Crippen LogP contribution in [0, 0.1) is 0 Å². The molecule has 4 aromatic rings. The Morgan fingerprint density at radius 1 is 1.06 bits per heavy atom. The molecule has 11 heteroatoms. The van der Waals surface area contributed by atoms with Crippen LogP contribution in [0.1, 0.15) is 25.3 Å². The summed E-state index contributed by atoms with van der Waals surface area (Å²) >= 11 is 6.00. The van der Waals surface area contributed by atoms with Gasteiger partial charge in [-0.15, -0.1) is 13.2 Å². The van der Waals surface area contributed by atoms with Crippen LogP contribution in [-0.2, 0) is 20.1 Å². The number of aryl methyl sites for hydroxylation is 1. The van der Waals surface area contributed by atoms with E-state index in [9.17, 15) is 22.8 Å².